The normalized spacial score (nSPS) is 26.1. The first-order valence-corrected chi connectivity index (χ1v) is 6.78. The van der Waals surface area contributed by atoms with Crippen LogP contribution in [0.25, 0.3) is 0 Å². The lowest BCUT2D eigenvalue weighted by Crippen LogP contribution is -2.48. The summed E-state index contributed by atoms with van der Waals surface area (Å²) in [5.74, 6) is 0.147. The molecular weight excluding hydrogens is 245 g/mol. The number of likely N-dealkylation sites (tertiary alicyclic amines) is 1. The highest BCUT2D eigenvalue weighted by Gasteiger charge is 2.34. The van der Waals surface area contributed by atoms with E-state index in [9.17, 15) is 9.18 Å². The molecule has 2 amide bonds. The van der Waals surface area contributed by atoms with Crippen molar-refractivity contribution in [3.63, 3.8) is 0 Å². The van der Waals surface area contributed by atoms with Crippen LogP contribution in [0.3, 0.4) is 0 Å². The van der Waals surface area contributed by atoms with Gasteiger partial charge < -0.3 is 15.5 Å². The van der Waals surface area contributed by atoms with Crippen LogP contribution in [-0.2, 0) is 0 Å². The predicted octanol–water partition coefficient (Wildman–Crippen LogP) is 2.04. The molecule has 0 spiro atoms. The minimum atomic E-state index is -0.395. The SMILES string of the molecule is O=C(Nc1ccccc1F)N1CCC2NCCC2C1. The molecule has 102 valence electrons. The van der Waals surface area contributed by atoms with Crippen molar-refractivity contribution in [2.24, 2.45) is 5.92 Å². The summed E-state index contributed by atoms with van der Waals surface area (Å²) in [6.07, 6.45) is 2.10. The topological polar surface area (TPSA) is 44.4 Å². The molecule has 0 aliphatic carbocycles. The number of nitrogens with zero attached hydrogens (tertiary/aromatic N) is 1. The Kier molecular flexibility index (Phi) is 3.38. The maximum atomic E-state index is 13.5. The van der Waals surface area contributed by atoms with E-state index in [0.717, 1.165) is 32.5 Å². The zero-order chi connectivity index (χ0) is 13.2. The molecule has 2 saturated heterocycles. The Morgan fingerprint density at radius 3 is 3.05 bits per heavy atom. The van der Waals surface area contributed by atoms with E-state index in [4.69, 9.17) is 0 Å². The van der Waals surface area contributed by atoms with Gasteiger partial charge in [0.25, 0.3) is 0 Å². The monoisotopic (exact) mass is 263 g/mol. The van der Waals surface area contributed by atoms with Gasteiger partial charge in [-0.1, -0.05) is 12.1 Å². The number of carbonyl (C=O) groups excluding carboxylic acids is 1. The standard InChI is InChI=1S/C14H18FN3O/c15-11-3-1-2-4-13(11)17-14(19)18-8-6-12-10(9-18)5-7-16-12/h1-4,10,12,16H,5-9H2,(H,17,19). The van der Waals surface area contributed by atoms with E-state index in [1.165, 1.54) is 6.07 Å². The molecular formula is C14H18FN3O. The van der Waals surface area contributed by atoms with Crippen molar-refractivity contribution in [1.82, 2.24) is 10.2 Å². The smallest absolute Gasteiger partial charge is 0.321 e. The molecule has 0 radical (unpaired) electrons. The van der Waals surface area contributed by atoms with Crippen molar-refractivity contribution in [2.45, 2.75) is 18.9 Å². The van der Waals surface area contributed by atoms with E-state index in [-0.39, 0.29) is 11.7 Å². The fourth-order valence-corrected chi connectivity index (χ4v) is 2.99. The molecule has 1 aromatic rings. The molecule has 0 aromatic heterocycles. The molecule has 2 aliphatic rings. The van der Waals surface area contributed by atoms with E-state index < -0.39 is 5.82 Å². The van der Waals surface area contributed by atoms with Gasteiger partial charge in [0.15, 0.2) is 0 Å². The number of halogens is 1. The first-order valence-electron chi connectivity index (χ1n) is 6.78. The van der Waals surface area contributed by atoms with Crippen LogP contribution in [0, 0.1) is 11.7 Å². The van der Waals surface area contributed by atoms with Gasteiger partial charge in [0.1, 0.15) is 5.82 Å². The number of nitrogens with one attached hydrogen (secondary N) is 2. The summed E-state index contributed by atoms with van der Waals surface area (Å²) in [4.78, 5) is 13.9. The lowest BCUT2D eigenvalue weighted by Gasteiger charge is -2.34. The van der Waals surface area contributed by atoms with Crippen molar-refractivity contribution in [2.75, 3.05) is 25.0 Å². The van der Waals surface area contributed by atoms with Gasteiger partial charge in [-0.25, -0.2) is 9.18 Å². The molecule has 2 heterocycles. The first kappa shape index (κ1) is 12.4. The highest BCUT2D eigenvalue weighted by molar-refractivity contribution is 5.89. The largest absolute Gasteiger partial charge is 0.324 e. The Morgan fingerprint density at radius 2 is 2.21 bits per heavy atom. The third-order valence-electron chi connectivity index (χ3n) is 4.06. The molecule has 5 heteroatoms. The van der Waals surface area contributed by atoms with Gasteiger partial charge in [0, 0.05) is 19.1 Å². The molecule has 1 aromatic carbocycles. The predicted molar refractivity (Wildman–Crippen MR) is 71.5 cm³/mol. The Bertz CT molecular complexity index is 480. The fraction of sp³-hybridized carbons (Fsp3) is 0.500. The highest BCUT2D eigenvalue weighted by Crippen LogP contribution is 2.25. The number of anilines is 1. The van der Waals surface area contributed by atoms with Gasteiger partial charge in [0.05, 0.1) is 5.69 Å². The fourth-order valence-electron chi connectivity index (χ4n) is 2.99. The number of fused-ring (bicyclic) bond motifs is 1. The van der Waals surface area contributed by atoms with E-state index in [0.29, 0.717) is 12.0 Å². The Balaban J connectivity index is 1.63. The average molecular weight is 263 g/mol. The number of rotatable bonds is 1. The average Bonchev–Trinajstić information content (AvgIpc) is 2.88. The molecule has 19 heavy (non-hydrogen) atoms. The Morgan fingerprint density at radius 1 is 1.37 bits per heavy atom. The number of carbonyl (C=O) groups is 1. The maximum Gasteiger partial charge on any atom is 0.321 e. The number of benzene rings is 1. The van der Waals surface area contributed by atoms with Crippen LogP contribution < -0.4 is 10.6 Å². The summed E-state index contributed by atoms with van der Waals surface area (Å²) < 4.78 is 13.5. The zero-order valence-corrected chi connectivity index (χ0v) is 10.7. The van der Waals surface area contributed by atoms with Crippen molar-refractivity contribution >= 4 is 11.7 Å². The molecule has 2 N–H and O–H groups in total. The van der Waals surface area contributed by atoms with Crippen LogP contribution in [0.4, 0.5) is 14.9 Å². The molecule has 0 saturated carbocycles. The third-order valence-corrected chi connectivity index (χ3v) is 4.06. The number of amides is 2. The number of hydrogen-bond donors (Lipinski definition) is 2. The molecule has 2 aliphatic heterocycles. The van der Waals surface area contributed by atoms with Crippen molar-refractivity contribution in [1.29, 1.82) is 0 Å². The summed E-state index contributed by atoms with van der Waals surface area (Å²) in [7, 11) is 0. The third kappa shape index (κ3) is 2.56. The van der Waals surface area contributed by atoms with Gasteiger partial charge in [0.2, 0.25) is 0 Å². The van der Waals surface area contributed by atoms with Crippen LogP contribution in [0.1, 0.15) is 12.8 Å². The van der Waals surface area contributed by atoms with Gasteiger partial charge in [-0.15, -0.1) is 0 Å². The second-order valence-electron chi connectivity index (χ2n) is 5.25. The van der Waals surface area contributed by atoms with Crippen LogP contribution in [0.5, 0.6) is 0 Å². The summed E-state index contributed by atoms with van der Waals surface area (Å²) >= 11 is 0. The van der Waals surface area contributed by atoms with E-state index >= 15 is 0 Å². The number of para-hydroxylation sites is 1. The summed E-state index contributed by atoms with van der Waals surface area (Å²) in [6.45, 7) is 2.53. The van der Waals surface area contributed by atoms with Gasteiger partial charge in [-0.3, -0.25) is 0 Å². The zero-order valence-electron chi connectivity index (χ0n) is 10.7. The minimum absolute atomic E-state index is 0.199. The Labute approximate surface area is 112 Å². The van der Waals surface area contributed by atoms with Crippen LogP contribution in [0.15, 0.2) is 24.3 Å². The second-order valence-corrected chi connectivity index (χ2v) is 5.25. The van der Waals surface area contributed by atoms with Gasteiger partial charge in [-0.2, -0.15) is 0 Å². The van der Waals surface area contributed by atoms with Crippen molar-refractivity contribution < 1.29 is 9.18 Å². The maximum absolute atomic E-state index is 13.5. The first-order chi connectivity index (χ1) is 9.24. The Hall–Kier alpha value is -1.62. The number of urea groups is 1. The quantitative estimate of drug-likeness (QED) is 0.814. The molecule has 0 bridgehead atoms. The van der Waals surface area contributed by atoms with Gasteiger partial charge in [-0.05, 0) is 37.4 Å². The summed E-state index contributed by atoms with van der Waals surface area (Å²) in [5, 5.41) is 6.11. The van der Waals surface area contributed by atoms with E-state index in [2.05, 4.69) is 10.6 Å². The van der Waals surface area contributed by atoms with Crippen LogP contribution >= 0.6 is 0 Å². The molecule has 2 fully saturated rings. The van der Waals surface area contributed by atoms with Crippen molar-refractivity contribution in [3.05, 3.63) is 30.1 Å². The summed E-state index contributed by atoms with van der Waals surface area (Å²) in [6, 6.07) is 6.61. The van der Waals surface area contributed by atoms with Crippen LogP contribution in [-0.4, -0.2) is 36.6 Å². The highest BCUT2D eigenvalue weighted by atomic mass is 19.1. The minimum Gasteiger partial charge on any atom is -0.324 e. The van der Waals surface area contributed by atoms with Gasteiger partial charge >= 0.3 is 6.03 Å². The summed E-state index contributed by atoms with van der Waals surface area (Å²) in [5.41, 5.74) is 0.249. The lowest BCUT2D eigenvalue weighted by atomic mass is 9.94. The van der Waals surface area contributed by atoms with E-state index in [1.54, 1.807) is 23.1 Å². The molecule has 3 rings (SSSR count). The molecule has 2 unspecified atom stereocenters. The second kappa shape index (κ2) is 5.17. The number of hydrogen-bond acceptors (Lipinski definition) is 2. The number of piperidine rings is 1. The van der Waals surface area contributed by atoms with Crippen molar-refractivity contribution in [3.8, 4) is 0 Å². The van der Waals surface area contributed by atoms with Crippen LogP contribution in [0.2, 0.25) is 0 Å². The lowest BCUT2D eigenvalue weighted by molar-refractivity contribution is 0.170. The molecule has 2 atom stereocenters. The van der Waals surface area contributed by atoms with E-state index in [1.807, 2.05) is 0 Å². The molecule has 4 nitrogen and oxygen atoms in total.